The second-order valence-electron chi connectivity index (χ2n) is 4.97. The van der Waals surface area contributed by atoms with Crippen LogP contribution in [0.2, 0.25) is 0 Å². The van der Waals surface area contributed by atoms with Gasteiger partial charge in [0.15, 0.2) is 6.10 Å². The lowest BCUT2D eigenvalue weighted by molar-refractivity contribution is -0.128. The number of carbonyl (C=O) groups excluding carboxylic acids is 1. The number of hydrogen-bond acceptors (Lipinski definition) is 2. The molecule has 0 aromatic heterocycles. The molecule has 2 rings (SSSR count). The predicted octanol–water partition coefficient (Wildman–Crippen LogP) is 3.72. The van der Waals surface area contributed by atoms with E-state index in [1.54, 1.807) is 0 Å². The Morgan fingerprint density at radius 1 is 1.05 bits per heavy atom. The third-order valence-electron chi connectivity index (χ3n) is 3.34. The summed E-state index contributed by atoms with van der Waals surface area (Å²) < 4.78 is 5.75. The molecule has 2 aromatic rings. The summed E-state index contributed by atoms with van der Waals surface area (Å²) >= 11 is 0. The number of carbonyl (C=O) groups is 1. The lowest BCUT2D eigenvalue weighted by Gasteiger charge is -2.20. The van der Waals surface area contributed by atoms with Crippen molar-refractivity contribution in [2.45, 2.75) is 32.4 Å². The van der Waals surface area contributed by atoms with Crippen molar-refractivity contribution in [2.75, 3.05) is 0 Å². The summed E-state index contributed by atoms with van der Waals surface area (Å²) in [5.74, 6) is 0.629. The normalized spacial score (nSPS) is 13.2. The molecule has 3 heteroatoms. The Morgan fingerprint density at radius 2 is 1.62 bits per heavy atom. The van der Waals surface area contributed by atoms with Gasteiger partial charge in [0, 0.05) is 0 Å². The van der Waals surface area contributed by atoms with Crippen molar-refractivity contribution in [3.8, 4) is 5.75 Å². The fraction of sp³-hybridized carbons (Fsp3) is 0.278. The SMILES string of the molecule is CC[C@H](Oc1ccccc1)C(=O)N[C@@H](C)c1ccccc1. The molecule has 0 bridgehead atoms. The van der Waals surface area contributed by atoms with E-state index in [1.165, 1.54) is 0 Å². The molecule has 0 unspecified atom stereocenters. The van der Waals surface area contributed by atoms with Gasteiger partial charge >= 0.3 is 0 Å². The van der Waals surface area contributed by atoms with Gasteiger partial charge < -0.3 is 10.1 Å². The van der Waals surface area contributed by atoms with E-state index >= 15 is 0 Å². The van der Waals surface area contributed by atoms with Crippen LogP contribution in [0.15, 0.2) is 60.7 Å². The summed E-state index contributed by atoms with van der Waals surface area (Å²) in [6.07, 6.45) is 0.154. The molecule has 3 nitrogen and oxygen atoms in total. The number of rotatable bonds is 6. The molecule has 0 saturated carbocycles. The van der Waals surface area contributed by atoms with Gasteiger partial charge in [-0.1, -0.05) is 55.5 Å². The molecule has 110 valence electrons. The largest absolute Gasteiger partial charge is 0.481 e. The first-order valence-electron chi connectivity index (χ1n) is 7.27. The Bertz CT molecular complexity index is 554. The molecular formula is C18H21NO2. The number of nitrogens with one attached hydrogen (secondary N) is 1. The second-order valence-corrected chi connectivity index (χ2v) is 4.97. The van der Waals surface area contributed by atoms with Crippen LogP contribution in [0.4, 0.5) is 0 Å². The van der Waals surface area contributed by atoms with Crippen molar-refractivity contribution in [1.29, 1.82) is 0 Å². The van der Waals surface area contributed by atoms with Crippen molar-refractivity contribution < 1.29 is 9.53 Å². The first-order valence-corrected chi connectivity index (χ1v) is 7.27. The van der Waals surface area contributed by atoms with E-state index in [2.05, 4.69) is 5.32 Å². The Kier molecular flexibility index (Phi) is 5.38. The van der Waals surface area contributed by atoms with Crippen molar-refractivity contribution in [1.82, 2.24) is 5.32 Å². The summed E-state index contributed by atoms with van der Waals surface area (Å²) in [7, 11) is 0. The van der Waals surface area contributed by atoms with Crippen LogP contribution < -0.4 is 10.1 Å². The molecule has 0 aliphatic heterocycles. The molecule has 21 heavy (non-hydrogen) atoms. The molecule has 0 spiro atoms. The van der Waals surface area contributed by atoms with Crippen LogP contribution in [-0.2, 0) is 4.79 Å². The monoisotopic (exact) mass is 283 g/mol. The van der Waals surface area contributed by atoms with Gasteiger partial charge in [-0.25, -0.2) is 0 Å². The Hall–Kier alpha value is -2.29. The first kappa shape index (κ1) is 15.1. The number of ether oxygens (including phenoxy) is 1. The van der Waals surface area contributed by atoms with E-state index in [4.69, 9.17) is 4.74 Å². The van der Waals surface area contributed by atoms with E-state index in [0.717, 1.165) is 5.56 Å². The molecule has 0 heterocycles. The summed E-state index contributed by atoms with van der Waals surface area (Å²) in [5, 5.41) is 3.00. The van der Waals surface area contributed by atoms with Gasteiger partial charge in [-0.05, 0) is 31.0 Å². The maximum absolute atomic E-state index is 12.3. The lowest BCUT2D eigenvalue weighted by Crippen LogP contribution is -2.39. The van der Waals surface area contributed by atoms with E-state index in [-0.39, 0.29) is 11.9 Å². The van der Waals surface area contributed by atoms with E-state index in [1.807, 2.05) is 74.5 Å². The molecule has 2 aromatic carbocycles. The van der Waals surface area contributed by atoms with E-state index < -0.39 is 6.10 Å². The quantitative estimate of drug-likeness (QED) is 0.877. The van der Waals surface area contributed by atoms with Crippen molar-refractivity contribution in [2.24, 2.45) is 0 Å². The van der Waals surface area contributed by atoms with Crippen LogP contribution in [0.25, 0.3) is 0 Å². The third-order valence-corrected chi connectivity index (χ3v) is 3.34. The third kappa shape index (κ3) is 4.35. The van der Waals surface area contributed by atoms with E-state index in [9.17, 15) is 4.79 Å². The van der Waals surface area contributed by atoms with Gasteiger partial charge in [-0.2, -0.15) is 0 Å². The zero-order valence-corrected chi connectivity index (χ0v) is 12.5. The van der Waals surface area contributed by atoms with Crippen LogP contribution >= 0.6 is 0 Å². The molecule has 0 radical (unpaired) electrons. The van der Waals surface area contributed by atoms with Gasteiger partial charge in [0.2, 0.25) is 0 Å². The standard InChI is InChI=1S/C18H21NO2/c1-3-17(21-16-12-8-5-9-13-16)18(20)19-14(2)15-10-6-4-7-11-15/h4-14,17H,3H2,1-2H3,(H,19,20)/t14-,17-/m0/s1. The van der Waals surface area contributed by atoms with Crippen LogP contribution in [0.5, 0.6) is 5.75 Å². The maximum Gasteiger partial charge on any atom is 0.261 e. The van der Waals surface area contributed by atoms with E-state index in [0.29, 0.717) is 12.2 Å². The zero-order valence-electron chi connectivity index (χ0n) is 12.5. The van der Waals surface area contributed by atoms with Gasteiger partial charge in [0.05, 0.1) is 6.04 Å². The van der Waals surface area contributed by atoms with Gasteiger partial charge in [-0.3, -0.25) is 4.79 Å². The molecule has 1 amide bonds. The minimum Gasteiger partial charge on any atom is -0.481 e. The maximum atomic E-state index is 12.3. The Balaban J connectivity index is 1.97. The summed E-state index contributed by atoms with van der Waals surface area (Å²) in [4.78, 5) is 12.3. The average Bonchev–Trinajstić information content (AvgIpc) is 2.54. The zero-order chi connectivity index (χ0) is 15.1. The van der Waals surface area contributed by atoms with Crippen molar-refractivity contribution in [3.05, 3.63) is 66.2 Å². The summed E-state index contributed by atoms with van der Waals surface area (Å²) in [6, 6.07) is 19.3. The highest BCUT2D eigenvalue weighted by atomic mass is 16.5. The molecule has 0 aliphatic carbocycles. The number of amides is 1. The van der Waals surface area contributed by atoms with Crippen molar-refractivity contribution >= 4 is 5.91 Å². The fourth-order valence-corrected chi connectivity index (χ4v) is 2.12. The highest BCUT2D eigenvalue weighted by molar-refractivity contribution is 5.81. The van der Waals surface area contributed by atoms with Gasteiger partial charge in [-0.15, -0.1) is 0 Å². The Morgan fingerprint density at radius 3 is 2.19 bits per heavy atom. The van der Waals surface area contributed by atoms with Crippen molar-refractivity contribution in [3.63, 3.8) is 0 Å². The smallest absolute Gasteiger partial charge is 0.261 e. The highest BCUT2D eigenvalue weighted by Gasteiger charge is 2.20. The topological polar surface area (TPSA) is 38.3 Å². The molecule has 1 N–H and O–H groups in total. The first-order chi connectivity index (χ1) is 10.2. The molecule has 0 fully saturated rings. The molecule has 2 atom stereocenters. The minimum absolute atomic E-state index is 0.0351. The molecule has 0 aliphatic rings. The lowest BCUT2D eigenvalue weighted by atomic mass is 10.1. The summed E-state index contributed by atoms with van der Waals surface area (Å²) in [6.45, 7) is 3.92. The fourth-order valence-electron chi connectivity index (χ4n) is 2.12. The molecule has 0 saturated heterocycles. The summed E-state index contributed by atoms with van der Waals surface area (Å²) in [5.41, 5.74) is 1.08. The van der Waals surface area contributed by atoms with Gasteiger partial charge in [0.1, 0.15) is 5.75 Å². The van der Waals surface area contributed by atoms with Crippen LogP contribution in [-0.4, -0.2) is 12.0 Å². The second kappa shape index (κ2) is 7.48. The minimum atomic E-state index is -0.474. The average molecular weight is 283 g/mol. The number of benzene rings is 2. The predicted molar refractivity (Wildman–Crippen MR) is 84.1 cm³/mol. The van der Waals surface area contributed by atoms with Crippen LogP contribution in [0.1, 0.15) is 31.9 Å². The van der Waals surface area contributed by atoms with Crippen LogP contribution in [0.3, 0.4) is 0 Å². The highest BCUT2D eigenvalue weighted by Crippen LogP contribution is 2.15. The Labute approximate surface area is 126 Å². The van der Waals surface area contributed by atoms with Gasteiger partial charge in [0.25, 0.3) is 5.91 Å². The van der Waals surface area contributed by atoms with Crippen LogP contribution in [0, 0.1) is 0 Å². The molecular weight excluding hydrogens is 262 g/mol. The number of hydrogen-bond donors (Lipinski definition) is 1. The number of para-hydroxylation sites is 1.